The predicted molar refractivity (Wildman–Crippen MR) is 134 cm³/mol. The van der Waals surface area contributed by atoms with E-state index in [2.05, 4.69) is 5.32 Å². The Kier molecular flexibility index (Phi) is 10.1. The fraction of sp³-hybridized carbons (Fsp3) is 0.440. The number of carbonyl (C=O) groups is 2. The van der Waals surface area contributed by atoms with Crippen LogP contribution in [-0.4, -0.2) is 57.1 Å². The number of ether oxygens (including phenoxy) is 1. The monoisotopic (exact) mass is 507 g/mol. The van der Waals surface area contributed by atoms with Gasteiger partial charge in [0.05, 0.1) is 19.1 Å². The first-order valence-corrected chi connectivity index (χ1v) is 13.2. The first kappa shape index (κ1) is 28.1. The van der Waals surface area contributed by atoms with E-state index in [9.17, 15) is 22.4 Å². The number of methoxy groups -OCH3 is 1. The zero-order valence-corrected chi connectivity index (χ0v) is 21.6. The number of benzene rings is 2. The van der Waals surface area contributed by atoms with Gasteiger partial charge < -0.3 is 15.0 Å². The number of hydrogen-bond acceptors (Lipinski definition) is 5. The van der Waals surface area contributed by atoms with Crippen LogP contribution in [0.25, 0.3) is 0 Å². The first-order chi connectivity index (χ1) is 16.4. The van der Waals surface area contributed by atoms with Crippen LogP contribution in [0.3, 0.4) is 0 Å². The van der Waals surface area contributed by atoms with Crippen molar-refractivity contribution in [3.8, 4) is 5.75 Å². The molecular weight excluding hydrogens is 473 g/mol. The zero-order chi connectivity index (χ0) is 26.2. The second kappa shape index (κ2) is 12.5. The Morgan fingerprint density at radius 1 is 1.03 bits per heavy atom. The first-order valence-electron chi connectivity index (χ1n) is 11.4. The molecule has 0 aromatic heterocycles. The largest absolute Gasteiger partial charge is 0.497 e. The quantitative estimate of drug-likeness (QED) is 0.476. The second-order valence-electron chi connectivity index (χ2n) is 8.62. The zero-order valence-electron chi connectivity index (χ0n) is 20.8. The molecule has 0 bridgehead atoms. The van der Waals surface area contributed by atoms with Crippen LogP contribution < -0.4 is 14.4 Å². The summed E-state index contributed by atoms with van der Waals surface area (Å²) in [5.74, 6) is -0.343. The molecule has 1 atom stereocenters. The molecule has 2 aromatic rings. The molecule has 0 aliphatic carbocycles. The van der Waals surface area contributed by atoms with Gasteiger partial charge in [0.2, 0.25) is 21.8 Å². The van der Waals surface area contributed by atoms with Gasteiger partial charge in [-0.2, -0.15) is 0 Å². The topological polar surface area (TPSA) is 96.0 Å². The standard InChI is InChI=1S/C25H34FN3O5S/c1-18(2)27-25(31)19(3)28(17-20-8-14-23(34-4)15-9-20)24(30)7-6-16-29(35(5,32)33)22-12-10-21(26)11-13-22/h8-15,18-19H,6-7,16-17H2,1-5H3,(H,27,31)/t19-/m1/s1. The van der Waals surface area contributed by atoms with Crippen LogP contribution in [0.15, 0.2) is 48.5 Å². The number of hydrogen-bond donors (Lipinski definition) is 1. The molecule has 2 amide bonds. The average molecular weight is 508 g/mol. The van der Waals surface area contributed by atoms with E-state index < -0.39 is 21.9 Å². The molecule has 0 aliphatic heterocycles. The number of amides is 2. The third-order valence-corrected chi connectivity index (χ3v) is 6.57. The van der Waals surface area contributed by atoms with Crippen molar-refractivity contribution in [2.75, 3.05) is 24.2 Å². The number of anilines is 1. The third-order valence-electron chi connectivity index (χ3n) is 5.38. The van der Waals surface area contributed by atoms with E-state index in [0.29, 0.717) is 11.4 Å². The van der Waals surface area contributed by atoms with Crippen LogP contribution in [0, 0.1) is 5.82 Å². The lowest BCUT2D eigenvalue weighted by Gasteiger charge is -2.30. The SMILES string of the molecule is COc1ccc(CN(C(=O)CCCN(c2ccc(F)cc2)S(C)(=O)=O)[C@H](C)C(=O)NC(C)C)cc1. The van der Waals surface area contributed by atoms with E-state index in [1.165, 1.54) is 29.2 Å². The molecule has 10 heteroatoms. The normalized spacial score (nSPS) is 12.2. The summed E-state index contributed by atoms with van der Waals surface area (Å²) in [6.07, 6.45) is 1.32. The van der Waals surface area contributed by atoms with Gasteiger partial charge in [-0.1, -0.05) is 12.1 Å². The second-order valence-corrected chi connectivity index (χ2v) is 10.5. The average Bonchev–Trinajstić information content (AvgIpc) is 2.79. The van der Waals surface area contributed by atoms with E-state index in [0.717, 1.165) is 16.1 Å². The van der Waals surface area contributed by atoms with Crippen LogP contribution in [0.2, 0.25) is 0 Å². The van der Waals surface area contributed by atoms with Gasteiger partial charge in [-0.25, -0.2) is 12.8 Å². The molecule has 0 saturated heterocycles. The number of nitrogens with one attached hydrogen (secondary N) is 1. The maximum absolute atomic E-state index is 13.3. The summed E-state index contributed by atoms with van der Waals surface area (Å²) in [6.45, 7) is 5.60. The van der Waals surface area contributed by atoms with E-state index in [1.807, 2.05) is 26.0 Å². The Balaban J connectivity index is 2.16. The summed E-state index contributed by atoms with van der Waals surface area (Å²) in [5, 5.41) is 2.83. The minimum atomic E-state index is -3.64. The van der Waals surface area contributed by atoms with Crippen LogP contribution >= 0.6 is 0 Å². The highest BCUT2D eigenvalue weighted by molar-refractivity contribution is 7.92. The van der Waals surface area contributed by atoms with Crippen LogP contribution in [-0.2, 0) is 26.2 Å². The number of nitrogens with zero attached hydrogens (tertiary/aromatic N) is 2. The molecule has 0 saturated carbocycles. The molecule has 1 N–H and O–H groups in total. The van der Waals surface area contributed by atoms with Crippen molar-refractivity contribution in [2.45, 2.75) is 52.2 Å². The van der Waals surface area contributed by atoms with Crippen molar-refractivity contribution in [2.24, 2.45) is 0 Å². The van der Waals surface area contributed by atoms with Crippen LogP contribution in [0.5, 0.6) is 5.75 Å². The van der Waals surface area contributed by atoms with Crippen molar-refractivity contribution in [1.29, 1.82) is 0 Å². The predicted octanol–water partition coefficient (Wildman–Crippen LogP) is 3.32. The smallest absolute Gasteiger partial charge is 0.242 e. The van der Waals surface area contributed by atoms with Gasteiger partial charge in [-0.05, 0) is 69.2 Å². The van der Waals surface area contributed by atoms with Crippen LogP contribution in [0.4, 0.5) is 10.1 Å². The summed E-state index contributed by atoms with van der Waals surface area (Å²) in [7, 11) is -2.07. The molecule has 0 heterocycles. The molecule has 2 rings (SSSR count). The van der Waals surface area contributed by atoms with Gasteiger partial charge in [0, 0.05) is 25.6 Å². The number of carbonyl (C=O) groups excluding carboxylic acids is 2. The van der Waals surface area contributed by atoms with E-state index in [-0.39, 0.29) is 43.8 Å². The Labute approximate surface area is 207 Å². The van der Waals surface area contributed by atoms with E-state index in [1.54, 1.807) is 26.2 Å². The highest BCUT2D eigenvalue weighted by Crippen LogP contribution is 2.20. The summed E-state index contributed by atoms with van der Waals surface area (Å²) in [5.41, 5.74) is 1.15. The lowest BCUT2D eigenvalue weighted by atomic mass is 10.1. The van der Waals surface area contributed by atoms with E-state index in [4.69, 9.17) is 4.74 Å². The summed E-state index contributed by atoms with van der Waals surface area (Å²) in [4.78, 5) is 27.4. The summed E-state index contributed by atoms with van der Waals surface area (Å²) in [6, 6.07) is 11.5. The molecule has 0 fully saturated rings. The Hall–Kier alpha value is -3.14. The molecule has 35 heavy (non-hydrogen) atoms. The minimum absolute atomic E-state index is 0.0304. The molecule has 0 aliphatic rings. The molecule has 0 spiro atoms. The minimum Gasteiger partial charge on any atom is -0.497 e. The number of rotatable bonds is 12. The van der Waals surface area contributed by atoms with Crippen molar-refractivity contribution < 1.29 is 27.1 Å². The maximum Gasteiger partial charge on any atom is 0.242 e. The Morgan fingerprint density at radius 3 is 2.14 bits per heavy atom. The fourth-order valence-corrected chi connectivity index (χ4v) is 4.49. The fourth-order valence-electron chi connectivity index (χ4n) is 3.53. The van der Waals surface area contributed by atoms with Crippen LogP contribution in [0.1, 0.15) is 39.2 Å². The lowest BCUT2D eigenvalue weighted by molar-refractivity contribution is -0.140. The summed E-state index contributed by atoms with van der Waals surface area (Å²) >= 11 is 0. The summed E-state index contributed by atoms with van der Waals surface area (Å²) < 4.78 is 44.2. The van der Waals surface area contributed by atoms with Gasteiger partial charge in [0.1, 0.15) is 17.6 Å². The molecular formula is C25H34FN3O5S. The Bertz CT molecular complexity index is 1090. The Morgan fingerprint density at radius 2 is 1.63 bits per heavy atom. The van der Waals surface area contributed by atoms with Gasteiger partial charge >= 0.3 is 0 Å². The van der Waals surface area contributed by atoms with Crippen molar-refractivity contribution >= 4 is 27.5 Å². The molecule has 192 valence electrons. The van der Waals surface area contributed by atoms with Gasteiger partial charge in [0.25, 0.3) is 0 Å². The molecule has 8 nitrogen and oxygen atoms in total. The highest BCUT2D eigenvalue weighted by Gasteiger charge is 2.27. The third kappa shape index (κ3) is 8.54. The lowest BCUT2D eigenvalue weighted by Crippen LogP contribution is -2.49. The molecule has 0 radical (unpaired) electrons. The van der Waals surface area contributed by atoms with Gasteiger partial charge in [0.15, 0.2) is 0 Å². The molecule has 2 aromatic carbocycles. The van der Waals surface area contributed by atoms with Gasteiger partial charge in [-0.15, -0.1) is 0 Å². The number of halogens is 1. The highest BCUT2D eigenvalue weighted by atomic mass is 32.2. The van der Waals surface area contributed by atoms with Crippen molar-refractivity contribution in [1.82, 2.24) is 10.2 Å². The van der Waals surface area contributed by atoms with Crippen molar-refractivity contribution in [3.05, 3.63) is 59.9 Å². The maximum atomic E-state index is 13.3. The van der Waals surface area contributed by atoms with E-state index >= 15 is 0 Å². The van der Waals surface area contributed by atoms with Crippen molar-refractivity contribution in [3.63, 3.8) is 0 Å². The molecule has 0 unspecified atom stereocenters. The van der Waals surface area contributed by atoms with Gasteiger partial charge in [-0.3, -0.25) is 13.9 Å². The number of sulfonamides is 1.